The Balaban J connectivity index is 2.38. The molecular weight excluding hydrogens is 167 g/mol. The second-order valence-electron chi connectivity index (χ2n) is 1.43. The minimum Gasteiger partial charge on any atom is -0.391 e. The van der Waals surface area contributed by atoms with Gasteiger partial charge in [0, 0.05) is 0 Å². The zero-order valence-corrected chi connectivity index (χ0v) is 5.42. The first kappa shape index (κ1) is 7.71. The summed E-state index contributed by atoms with van der Waals surface area (Å²) in [5.41, 5.74) is 0. The molecule has 2 radical (unpaired) electrons. The van der Waals surface area contributed by atoms with Crippen LogP contribution in [0.25, 0.3) is 0 Å². The molecule has 1 aliphatic heterocycles. The number of thioether (sulfide) groups is 1. The first-order valence-corrected chi connectivity index (χ1v) is 3.25. The van der Waals surface area contributed by atoms with E-state index < -0.39 is 6.36 Å². The van der Waals surface area contributed by atoms with E-state index in [0.29, 0.717) is 0 Å². The molecule has 0 bridgehead atoms. The SMILES string of the molecule is FC(F)(F)OC1=N[C]SC1. The van der Waals surface area contributed by atoms with E-state index in [9.17, 15) is 13.2 Å². The average Bonchev–Trinajstić information content (AvgIpc) is 2.12. The van der Waals surface area contributed by atoms with Crippen LogP contribution in [-0.2, 0) is 4.74 Å². The van der Waals surface area contributed by atoms with Crippen molar-refractivity contribution in [3.8, 4) is 0 Å². The molecule has 0 unspecified atom stereocenters. The fraction of sp³-hybridized carbons (Fsp3) is 0.500. The van der Waals surface area contributed by atoms with Crippen LogP contribution in [0.15, 0.2) is 4.99 Å². The Bertz CT molecular complexity index is 155. The quantitative estimate of drug-likeness (QED) is 0.550. The zero-order valence-electron chi connectivity index (χ0n) is 4.60. The lowest BCUT2D eigenvalue weighted by Crippen LogP contribution is -2.19. The molecule has 0 aliphatic carbocycles. The molecule has 0 fully saturated rings. The first-order chi connectivity index (χ1) is 4.58. The summed E-state index contributed by atoms with van der Waals surface area (Å²) in [7, 11) is 0. The van der Waals surface area contributed by atoms with Crippen molar-refractivity contribution in [2.24, 2.45) is 4.99 Å². The lowest BCUT2D eigenvalue weighted by molar-refractivity contribution is -0.283. The molecule has 2 nitrogen and oxygen atoms in total. The van der Waals surface area contributed by atoms with Crippen molar-refractivity contribution in [3.63, 3.8) is 0 Å². The summed E-state index contributed by atoms with van der Waals surface area (Å²) in [5, 5.41) is 0. The minimum absolute atomic E-state index is 0.111. The molecule has 0 saturated carbocycles. The highest BCUT2D eigenvalue weighted by Crippen LogP contribution is 2.22. The Labute approximate surface area is 59.5 Å². The second-order valence-corrected chi connectivity index (χ2v) is 2.19. The smallest absolute Gasteiger partial charge is 0.391 e. The normalized spacial score (nSPS) is 18.9. The standard InChI is InChI=1S/C4H2F3NOS/c5-4(6,7)9-3-1-10-2-8-3/h1H2. The summed E-state index contributed by atoms with van der Waals surface area (Å²) in [6, 6.07) is 0. The number of halogens is 3. The Morgan fingerprint density at radius 3 is 2.70 bits per heavy atom. The van der Waals surface area contributed by atoms with Crippen LogP contribution in [0, 0.1) is 5.88 Å². The van der Waals surface area contributed by atoms with Gasteiger partial charge in [0.15, 0.2) is 5.88 Å². The van der Waals surface area contributed by atoms with Gasteiger partial charge in [0.25, 0.3) is 0 Å². The summed E-state index contributed by atoms with van der Waals surface area (Å²) in [6.07, 6.45) is -4.62. The van der Waals surface area contributed by atoms with Gasteiger partial charge in [-0.3, -0.25) is 0 Å². The van der Waals surface area contributed by atoms with Crippen molar-refractivity contribution < 1.29 is 17.9 Å². The molecule has 6 heteroatoms. The van der Waals surface area contributed by atoms with E-state index >= 15 is 0 Å². The average molecular weight is 169 g/mol. The topological polar surface area (TPSA) is 21.6 Å². The van der Waals surface area contributed by atoms with Crippen LogP contribution in [0.4, 0.5) is 13.2 Å². The van der Waals surface area contributed by atoms with E-state index in [2.05, 4.69) is 15.6 Å². The number of rotatable bonds is 0. The van der Waals surface area contributed by atoms with E-state index in [4.69, 9.17) is 0 Å². The molecule has 0 amide bonds. The maximum absolute atomic E-state index is 11.4. The summed E-state index contributed by atoms with van der Waals surface area (Å²) in [6.45, 7) is 0. The van der Waals surface area contributed by atoms with Gasteiger partial charge in [0.05, 0.1) is 5.75 Å². The van der Waals surface area contributed by atoms with Crippen molar-refractivity contribution in [2.45, 2.75) is 6.36 Å². The molecule has 10 heavy (non-hydrogen) atoms. The lowest BCUT2D eigenvalue weighted by atomic mass is 10.8. The third-order valence-electron chi connectivity index (χ3n) is 0.664. The molecule has 0 aromatic carbocycles. The zero-order chi connectivity index (χ0) is 7.61. The molecule has 1 heterocycles. The van der Waals surface area contributed by atoms with Gasteiger partial charge < -0.3 is 4.74 Å². The van der Waals surface area contributed by atoms with Crippen molar-refractivity contribution in [3.05, 3.63) is 5.88 Å². The summed E-state index contributed by atoms with van der Waals surface area (Å²) < 4.78 is 37.6. The highest BCUT2D eigenvalue weighted by molar-refractivity contribution is 8.02. The third kappa shape index (κ3) is 2.47. The van der Waals surface area contributed by atoms with Crippen molar-refractivity contribution in [2.75, 3.05) is 5.75 Å². The monoisotopic (exact) mass is 169 g/mol. The molecule has 1 aliphatic rings. The fourth-order valence-electron chi connectivity index (χ4n) is 0.395. The highest BCUT2D eigenvalue weighted by Gasteiger charge is 2.33. The van der Waals surface area contributed by atoms with Crippen molar-refractivity contribution in [1.82, 2.24) is 0 Å². The molecule has 0 spiro atoms. The largest absolute Gasteiger partial charge is 0.574 e. The van der Waals surface area contributed by atoms with Gasteiger partial charge in [-0.25, -0.2) is 4.99 Å². The Hall–Kier alpha value is -0.390. The molecule has 0 saturated heterocycles. The number of hydrogen-bond acceptors (Lipinski definition) is 3. The number of nitrogens with zero attached hydrogens (tertiary/aromatic N) is 1. The highest BCUT2D eigenvalue weighted by atomic mass is 32.2. The van der Waals surface area contributed by atoms with Crippen LogP contribution in [0.3, 0.4) is 0 Å². The molecule has 0 N–H and O–H groups in total. The maximum Gasteiger partial charge on any atom is 0.574 e. The van der Waals surface area contributed by atoms with Crippen molar-refractivity contribution in [1.29, 1.82) is 0 Å². The third-order valence-corrected chi connectivity index (χ3v) is 1.28. The molecule has 1 rings (SSSR count). The number of alkyl halides is 3. The lowest BCUT2D eigenvalue weighted by Gasteiger charge is -2.06. The summed E-state index contributed by atoms with van der Waals surface area (Å²) in [4.78, 5) is 3.21. The molecule has 0 aromatic heterocycles. The molecule has 56 valence electrons. The number of ether oxygens (including phenoxy) is 1. The van der Waals surface area contributed by atoms with Crippen LogP contribution in [-0.4, -0.2) is 18.0 Å². The Kier molecular flexibility index (Phi) is 2.08. The molecule has 0 aromatic rings. The Morgan fingerprint density at radius 2 is 2.30 bits per heavy atom. The predicted octanol–water partition coefficient (Wildman–Crippen LogP) is 1.66. The van der Waals surface area contributed by atoms with Gasteiger partial charge in [-0.15, -0.1) is 24.9 Å². The van der Waals surface area contributed by atoms with E-state index in [-0.39, 0.29) is 11.7 Å². The molecule has 0 atom stereocenters. The van der Waals surface area contributed by atoms with Gasteiger partial charge in [-0.1, -0.05) is 0 Å². The number of aliphatic imine (C=N–C) groups is 1. The van der Waals surface area contributed by atoms with Crippen LogP contribution in [0.2, 0.25) is 0 Å². The first-order valence-electron chi connectivity index (χ1n) is 2.27. The summed E-state index contributed by atoms with van der Waals surface area (Å²) in [5.74, 6) is 2.05. The van der Waals surface area contributed by atoms with E-state index in [1.807, 2.05) is 0 Å². The van der Waals surface area contributed by atoms with Gasteiger partial charge >= 0.3 is 6.36 Å². The van der Waals surface area contributed by atoms with Crippen LogP contribution < -0.4 is 0 Å². The Morgan fingerprint density at radius 1 is 1.60 bits per heavy atom. The van der Waals surface area contributed by atoms with Gasteiger partial charge in [0.1, 0.15) is 0 Å². The molecular formula is C4H2F3NOS. The van der Waals surface area contributed by atoms with Crippen LogP contribution in [0.5, 0.6) is 0 Å². The minimum atomic E-state index is -4.62. The number of hydrogen-bond donors (Lipinski definition) is 0. The second kappa shape index (κ2) is 2.69. The maximum atomic E-state index is 11.4. The fourth-order valence-corrected chi connectivity index (χ4v) is 0.873. The van der Waals surface area contributed by atoms with E-state index in [0.717, 1.165) is 11.8 Å². The summed E-state index contributed by atoms with van der Waals surface area (Å²) >= 11 is 1.04. The van der Waals surface area contributed by atoms with Crippen LogP contribution >= 0.6 is 11.8 Å². The van der Waals surface area contributed by atoms with E-state index in [1.165, 1.54) is 0 Å². The predicted molar refractivity (Wildman–Crippen MR) is 30.3 cm³/mol. The van der Waals surface area contributed by atoms with Crippen molar-refractivity contribution >= 4 is 17.7 Å². The van der Waals surface area contributed by atoms with Gasteiger partial charge in [-0.05, 0) is 0 Å². The van der Waals surface area contributed by atoms with E-state index in [1.54, 1.807) is 0 Å². The van der Waals surface area contributed by atoms with Gasteiger partial charge in [0.2, 0.25) is 5.90 Å². The van der Waals surface area contributed by atoms with Gasteiger partial charge in [-0.2, -0.15) is 0 Å². The van der Waals surface area contributed by atoms with Crippen LogP contribution in [0.1, 0.15) is 0 Å².